The van der Waals surface area contributed by atoms with Crippen LogP contribution >= 0.6 is 0 Å². The maximum atomic E-state index is 11.5. The molecular formula is C12H12O4. The highest BCUT2D eigenvalue weighted by atomic mass is 16.4. The van der Waals surface area contributed by atoms with Gasteiger partial charge in [0.25, 0.3) is 0 Å². The Labute approximate surface area is 92.8 Å². The first-order valence-electron chi connectivity index (χ1n) is 4.81. The summed E-state index contributed by atoms with van der Waals surface area (Å²) >= 11 is 0. The SMILES string of the molecule is CCc1ccc(C(=O)/C=C(/O)C(=O)O)cc1. The highest BCUT2D eigenvalue weighted by Gasteiger charge is 2.08. The number of aliphatic hydroxyl groups is 1. The van der Waals surface area contributed by atoms with Gasteiger partial charge in [0.1, 0.15) is 0 Å². The lowest BCUT2D eigenvalue weighted by Crippen LogP contribution is -2.03. The molecule has 0 heterocycles. The summed E-state index contributed by atoms with van der Waals surface area (Å²) in [7, 11) is 0. The van der Waals surface area contributed by atoms with Crippen LogP contribution in [0.2, 0.25) is 0 Å². The summed E-state index contributed by atoms with van der Waals surface area (Å²) in [5.41, 5.74) is 1.44. The lowest BCUT2D eigenvalue weighted by Gasteiger charge is -1.99. The van der Waals surface area contributed by atoms with Gasteiger partial charge in [-0.3, -0.25) is 4.79 Å². The van der Waals surface area contributed by atoms with Crippen molar-refractivity contribution in [1.29, 1.82) is 0 Å². The number of ketones is 1. The second-order valence-electron chi connectivity index (χ2n) is 3.25. The standard InChI is InChI=1S/C12H12O4/c1-2-8-3-5-9(6-4-8)10(13)7-11(14)12(15)16/h3-7,14H,2H2,1H3,(H,15,16)/b11-7+. The number of aliphatic hydroxyl groups excluding tert-OH is 1. The van der Waals surface area contributed by atoms with E-state index < -0.39 is 17.5 Å². The van der Waals surface area contributed by atoms with E-state index in [0.717, 1.165) is 12.0 Å². The monoisotopic (exact) mass is 220 g/mol. The first-order chi connectivity index (χ1) is 7.54. The molecule has 2 N–H and O–H groups in total. The minimum absolute atomic E-state index is 0.352. The Kier molecular flexibility index (Phi) is 3.83. The third-order valence-corrected chi connectivity index (χ3v) is 2.13. The molecule has 0 saturated heterocycles. The second-order valence-corrected chi connectivity index (χ2v) is 3.25. The van der Waals surface area contributed by atoms with Crippen LogP contribution in [0.5, 0.6) is 0 Å². The molecule has 4 heteroatoms. The van der Waals surface area contributed by atoms with Crippen LogP contribution in [0.1, 0.15) is 22.8 Å². The van der Waals surface area contributed by atoms with Gasteiger partial charge in [-0.25, -0.2) is 4.79 Å². The lowest BCUT2D eigenvalue weighted by atomic mass is 10.1. The fourth-order valence-electron chi connectivity index (χ4n) is 1.17. The number of aryl methyl sites for hydroxylation is 1. The van der Waals surface area contributed by atoms with Crippen molar-refractivity contribution in [2.24, 2.45) is 0 Å². The van der Waals surface area contributed by atoms with Gasteiger partial charge in [-0.1, -0.05) is 31.2 Å². The molecule has 0 aliphatic heterocycles. The molecule has 0 atom stereocenters. The summed E-state index contributed by atoms with van der Waals surface area (Å²) in [5, 5.41) is 17.3. The number of carbonyl (C=O) groups excluding carboxylic acids is 1. The Morgan fingerprint density at radius 2 is 1.75 bits per heavy atom. The quantitative estimate of drug-likeness (QED) is 0.462. The molecule has 1 rings (SSSR count). The number of hydrogen-bond donors (Lipinski definition) is 2. The van der Waals surface area contributed by atoms with Crippen molar-refractivity contribution in [2.45, 2.75) is 13.3 Å². The zero-order valence-corrected chi connectivity index (χ0v) is 8.80. The number of rotatable bonds is 4. The Bertz CT molecular complexity index is 429. The van der Waals surface area contributed by atoms with E-state index in [9.17, 15) is 9.59 Å². The van der Waals surface area contributed by atoms with Gasteiger partial charge in [-0.05, 0) is 12.0 Å². The van der Waals surface area contributed by atoms with Crippen molar-refractivity contribution in [1.82, 2.24) is 0 Å². The fraction of sp³-hybridized carbons (Fsp3) is 0.167. The highest BCUT2D eigenvalue weighted by Crippen LogP contribution is 2.07. The smallest absolute Gasteiger partial charge is 0.371 e. The van der Waals surface area contributed by atoms with E-state index in [2.05, 4.69) is 0 Å². The minimum atomic E-state index is -1.52. The summed E-state index contributed by atoms with van der Waals surface area (Å²) in [4.78, 5) is 21.8. The van der Waals surface area contributed by atoms with Crippen LogP contribution in [-0.2, 0) is 11.2 Å². The number of allylic oxidation sites excluding steroid dienone is 1. The van der Waals surface area contributed by atoms with Gasteiger partial charge in [0, 0.05) is 11.6 Å². The molecule has 84 valence electrons. The number of carbonyl (C=O) groups is 2. The molecule has 0 saturated carbocycles. The van der Waals surface area contributed by atoms with Crippen LogP contribution in [0.3, 0.4) is 0 Å². The molecule has 4 nitrogen and oxygen atoms in total. The molecule has 1 aromatic carbocycles. The van der Waals surface area contributed by atoms with Gasteiger partial charge in [0.15, 0.2) is 5.78 Å². The topological polar surface area (TPSA) is 74.6 Å². The maximum absolute atomic E-state index is 11.5. The summed E-state index contributed by atoms with van der Waals surface area (Å²) in [6.45, 7) is 1.99. The summed E-state index contributed by atoms with van der Waals surface area (Å²) in [6.07, 6.45) is 1.56. The molecule has 0 amide bonds. The molecule has 1 aromatic rings. The van der Waals surface area contributed by atoms with E-state index in [4.69, 9.17) is 10.2 Å². The highest BCUT2D eigenvalue weighted by molar-refractivity contribution is 6.07. The van der Waals surface area contributed by atoms with Crippen LogP contribution in [0, 0.1) is 0 Å². The first kappa shape index (κ1) is 12.0. The van der Waals surface area contributed by atoms with Crippen LogP contribution in [0.15, 0.2) is 36.1 Å². The Hall–Kier alpha value is -2.10. The van der Waals surface area contributed by atoms with Gasteiger partial charge in [0.05, 0.1) is 0 Å². The third kappa shape index (κ3) is 2.95. The number of aliphatic carboxylic acids is 1. The summed E-state index contributed by atoms with van der Waals surface area (Å²) < 4.78 is 0. The number of benzene rings is 1. The zero-order valence-electron chi connectivity index (χ0n) is 8.80. The summed E-state index contributed by atoms with van der Waals surface area (Å²) in [6, 6.07) is 6.79. The Morgan fingerprint density at radius 1 is 1.19 bits per heavy atom. The largest absolute Gasteiger partial charge is 0.502 e. The van der Waals surface area contributed by atoms with Crippen molar-refractivity contribution in [3.8, 4) is 0 Å². The van der Waals surface area contributed by atoms with Crippen molar-refractivity contribution >= 4 is 11.8 Å². The predicted octanol–water partition coefficient (Wildman–Crippen LogP) is 1.96. The minimum Gasteiger partial charge on any atom is -0.502 e. The van der Waals surface area contributed by atoms with Gasteiger partial charge in [0.2, 0.25) is 5.76 Å². The van der Waals surface area contributed by atoms with E-state index in [-0.39, 0.29) is 0 Å². The van der Waals surface area contributed by atoms with Gasteiger partial charge < -0.3 is 10.2 Å². The molecule has 0 radical (unpaired) electrons. The molecular weight excluding hydrogens is 208 g/mol. The van der Waals surface area contributed by atoms with Gasteiger partial charge in [-0.2, -0.15) is 0 Å². The molecule has 0 spiro atoms. The molecule has 0 fully saturated rings. The van der Waals surface area contributed by atoms with E-state index in [1.165, 1.54) is 0 Å². The Morgan fingerprint density at radius 3 is 2.19 bits per heavy atom. The van der Waals surface area contributed by atoms with Crippen molar-refractivity contribution in [3.05, 3.63) is 47.2 Å². The van der Waals surface area contributed by atoms with Crippen molar-refractivity contribution in [2.75, 3.05) is 0 Å². The average molecular weight is 220 g/mol. The first-order valence-corrected chi connectivity index (χ1v) is 4.81. The zero-order chi connectivity index (χ0) is 12.1. The van der Waals surface area contributed by atoms with E-state index in [1.807, 2.05) is 6.92 Å². The van der Waals surface area contributed by atoms with Crippen molar-refractivity contribution < 1.29 is 19.8 Å². The number of carboxylic acid groups (broad SMARTS) is 1. The Balaban J connectivity index is 2.89. The van der Waals surface area contributed by atoms with Crippen LogP contribution in [0.25, 0.3) is 0 Å². The maximum Gasteiger partial charge on any atom is 0.371 e. The van der Waals surface area contributed by atoms with E-state index in [1.54, 1.807) is 24.3 Å². The molecule has 0 aromatic heterocycles. The molecule has 0 aliphatic carbocycles. The second kappa shape index (κ2) is 5.11. The average Bonchev–Trinajstić information content (AvgIpc) is 2.28. The molecule has 0 aliphatic rings. The predicted molar refractivity (Wildman–Crippen MR) is 58.5 cm³/mol. The lowest BCUT2D eigenvalue weighted by molar-refractivity contribution is -0.135. The molecule has 16 heavy (non-hydrogen) atoms. The fourth-order valence-corrected chi connectivity index (χ4v) is 1.17. The summed E-state index contributed by atoms with van der Waals surface area (Å²) in [5.74, 6) is -2.99. The van der Waals surface area contributed by atoms with Gasteiger partial charge in [-0.15, -0.1) is 0 Å². The van der Waals surface area contributed by atoms with E-state index >= 15 is 0 Å². The normalized spacial score (nSPS) is 11.2. The number of hydrogen-bond acceptors (Lipinski definition) is 3. The molecule has 0 bridgehead atoms. The van der Waals surface area contributed by atoms with Crippen LogP contribution < -0.4 is 0 Å². The number of carboxylic acids is 1. The van der Waals surface area contributed by atoms with E-state index in [0.29, 0.717) is 11.6 Å². The van der Waals surface area contributed by atoms with Crippen LogP contribution in [-0.4, -0.2) is 22.0 Å². The van der Waals surface area contributed by atoms with Crippen LogP contribution in [0.4, 0.5) is 0 Å². The third-order valence-electron chi connectivity index (χ3n) is 2.13. The van der Waals surface area contributed by atoms with Crippen molar-refractivity contribution in [3.63, 3.8) is 0 Å². The van der Waals surface area contributed by atoms with Gasteiger partial charge >= 0.3 is 5.97 Å². The molecule has 0 unspecified atom stereocenters.